The fourth-order valence-corrected chi connectivity index (χ4v) is 2.71. The molecule has 3 heterocycles. The number of carbonyl (C=O) groups is 1. The van der Waals surface area contributed by atoms with E-state index >= 15 is 0 Å². The average Bonchev–Trinajstić information content (AvgIpc) is 2.91. The average molecular weight is 697 g/mol. The summed E-state index contributed by atoms with van der Waals surface area (Å²) in [5, 5.41) is 8.28. The molecule has 0 aliphatic carbocycles. The van der Waals surface area contributed by atoms with Crippen LogP contribution in [0.3, 0.4) is 0 Å². The number of nitrogens with zero attached hydrogens (tertiary/aromatic N) is 4. The SMILES string of the molecule is Fc1c[c-]c(-c2ccccn2)c(F)c1.Fc1c[c-]c(-c2ccccn2)c(F)c1.O=C(O)c1cnccn1.[Ir]. The normalized spacial score (nSPS) is 9.58. The van der Waals surface area contributed by atoms with Gasteiger partial charge in [0, 0.05) is 68.2 Å². The van der Waals surface area contributed by atoms with Crippen molar-refractivity contribution in [3.63, 3.8) is 0 Å². The molecule has 0 spiro atoms. The Labute approximate surface area is 228 Å². The maximum atomic E-state index is 13.2. The fraction of sp³-hybridized carbons (Fsp3) is 0. The van der Waals surface area contributed by atoms with E-state index in [0.29, 0.717) is 11.4 Å². The second kappa shape index (κ2) is 15.0. The van der Waals surface area contributed by atoms with Crippen LogP contribution in [0.2, 0.25) is 0 Å². The van der Waals surface area contributed by atoms with Gasteiger partial charge in [0.2, 0.25) is 0 Å². The van der Waals surface area contributed by atoms with Crippen molar-refractivity contribution < 1.29 is 47.6 Å². The van der Waals surface area contributed by atoms with Gasteiger partial charge in [0.25, 0.3) is 0 Å². The Kier molecular flexibility index (Phi) is 11.8. The number of aromatic carboxylic acids is 1. The summed E-state index contributed by atoms with van der Waals surface area (Å²) >= 11 is 0. The Balaban J connectivity index is 0.000000203. The van der Waals surface area contributed by atoms with Gasteiger partial charge in [-0.2, -0.15) is 0 Å². The number of carboxylic acids is 1. The molecule has 0 atom stereocenters. The topological polar surface area (TPSA) is 88.9 Å². The van der Waals surface area contributed by atoms with Gasteiger partial charge in [-0.15, -0.1) is 24.3 Å². The summed E-state index contributed by atoms with van der Waals surface area (Å²) in [6.07, 6.45) is 7.05. The van der Waals surface area contributed by atoms with Crippen LogP contribution in [0, 0.1) is 35.4 Å². The minimum Gasteiger partial charge on any atom is -0.476 e. The Morgan fingerprint density at radius 1 is 0.711 bits per heavy atom. The van der Waals surface area contributed by atoms with E-state index in [-0.39, 0.29) is 36.9 Å². The third-order valence-corrected chi connectivity index (χ3v) is 4.34. The second-order valence-corrected chi connectivity index (χ2v) is 6.91. The van der Waals surface area contributed by atoms with Crippen molar-refractivity contribution in [3.8, 4) is 22.5 Å². The Morgan fingerprint density at radius 2 is 1.21 bits per heavy atom. The number of rotatable bonds is 3. The van der Waals surface area contributed by atoms with E-state index in [2.05, 4.69) is 32.1 Å². The van der Waals surface area contributed by atoms with Crippen molar-refractivity contribution in [2.24, 2.45) is 0 Å². The van der Waals surface area contributed by atoms with Gasteiger partial charge in [0.05, 0.1) is 6.20 Å². The third-order valence-electron chi connectivity index (χ3n) is 4.34. The summed E-state index contributed by atoms with van der Waals surface area (Å²) in [5.74, 6) is -3.63. The van der Waals surface area contributed by atoms with Crippen LogP contribution < -0.4 is 0 Å². The minimum absolute atomic E-state index is 0. The van der Waals surface area contributed by atoms with E-state index < -0.39 is 29.2 Å². The smallest absolute Gasteiger partial charge is 0.356 e. The van der Waals surface area contributed by atoms with Crippen LogP contribution in [0.5, 0.6) is 0 Å². The van der Waals surface area contributed by atoms with Gasteiger partial charge >= 0.3 is 5.97 Å². The van der Waals surface area contributed by atoms with E-state index in [9.17, 15) is 22.4 Å². The number of aromatic nitrogens is 4. The number of halogens is 4. The molecule has 195 valence electrons. The molecule has 1 radical (unpaired) electrons. The molecule has 6 nitrogen and oxygen atoms in total. The molecule has 2 aromatic carbocycles. The summed E-state index contributed by atoms with van der Waals surface area (Å²) in [6.45, 7) is 0. The van der Waals surface area contributed by atoms with E-state index in [0.717, 1.165) is 24.3 Å². The van der Waals surface area contributed by atoms with Gasteiger partial charge in [0.1, 0.15) is 0 Å². The zero-order valence-electron chi connectivity index (χ0n) is 19.1. The number of hydrogen-bond acceptors (Lipinski definition) is 5. The van der Waals surface area contributed by atoms with Crippen molar-refractivity contribution >= 4 is 5.97 Å². The predicted molar refractivity (Wildman–Crippen MR) is 126 cm³/mol. The van der Waals surface area contributed by atoms with Gasteiger partial charge in [-0.25, -0.2) is 9.78 Å². The molecule has 0 amide bonds. The van der Waals surface area contributed by atoms with Crippen LogP contribution in [0.15, 0.2) is 91.6 Å². The number of carboxylic acid groups (broad SMARTS) is 1. The van der Waals surface area contributed by atoms with Crippen molar-refractivity contribution in [3.05, 3.63) is 133 Å². The quantitative estimate of drug-likeness (QED) is 0.189. The minimum atomic E-state index is -1.05. The zero-order chi connectivity index (χ0) is 26.6. The van der Waals surface area contributed by atoms with Crippen LogP contribution in [0.25, 0.3) is 22.5 Å². The maximum Gasteiger partial charge on any atom is 0.356 e. The molecule has 0 unspecified atom stereocenters. The van der Waals surface area contributed by atoms with Crippen molar-refractivity contribution in [1.29, 1.82) is 0 Å². The first-order valence-electron chi connectivity index (χ1n) is 10.4. The molecule has 0 aliphatic heterocycles. The Morgan fingerprint density at radius 3 is 1.53 bits per heavy atom. The summed E-state index contributed by atoms with van der Waals surface area (Å²) in [6, 6.07) is 19.1. The van der Waals surface area contributed by atoms with Crippen LogP contribution in [-0.2, 0) is 20.1 Å². The maximum absolute atomic E-state index is 13.2. The molecule has 11 heteroatoms. The largest absolute Gasteiger partial charge is 0.476 e. The molecular weight excluding hydrogens is 681 g/mol. The van der Waals surface area contributed by atoms with E-state index in [1.165, 1.54) is 18.6 Å². The summed E-state index contributed by atoms with van der Waals surface area (Å²) in [7, 11) is 0. The van der Waals surface area contributed by atoms with E-state index in [1.807, 2.05) is 0 Å². The van der Waals surface area contributed by atoms with Crippen molar-refractivity contribution in [1.82, 2.24) is 19.9 Å². The molecule has 5 aromatic rings. The molecule has 38 heavy (non-hydrogen) atoms. The van der Waals surface area contributed by atoms with Crippen LogP contribution in [0.4, 0.5) is 17.6 Å². The van der Waals surface area contributed by atoms with Gasteiger partial charge in [-0.3, -0.25) is 22.5 Å². The monoisotopic (exact) mass is 697 g/mol. The van der Waals surface area contributed by atoms with Gasteiger partial charge < -0.3 is 15.1 Å². The second-order valence-electron chi connectivity index (χ2n) is 6.91. The summed E-state index contributed by atoms with van der Waals surface area (Å²) in [5.41, 5.74) is 1.24. The van der Waals surface area contributed by atoms with E-state index in [4.69, 9.17) is 5.11 Å². The van der Waals surface area contributed by atoms with Gasteiger partial charge in [-0.1, -0.05) is 47.5 Å². The molecule has 0 bridgehead atoms. The Hall–Kier alpha value is -4.34. The molecule has 5 rings (SSSR count). The van der Waals surface area contributed by atoms with Crippen molar-refractivity contribution in [2.75, 3.05) is 0 Å². The van der Waals surface area contributed by atoms with Crippen LogP contribution in [-0.4, -0.2) is 31.0 Å². The van der Waals surface area contributed by atoms with Crippen molar-refractivity contribution in [2.45, 2.75) is 0 Å². The molecule has 0 fully saturated rings. The van der Waals surface area contributed by atoms with Gasteiger partial charge in [0.15, 0.2) is 5.69 Å². The number of benzene rings is 2. The fourth-order valence-electron chi connectivity index (χ4n) is 2.71. The first-order chi connectivity index (χ1) is 17.8. The standard InChI is InChI=1S/2C11H6F2N.C5H4N2O2.Ir/c2*12-8-4-5-9(10(13)7-8)11-3-1-2-6-14-11;8-5(9)4-3-6-1-2-7-4;/h2*1-4,6-7H;1-3H,(H,8,9);/q2*-1;;. The van der Waals surface area contributed by atoms with Crippen LogP contribution in [0.1, 0.15) is 10.5 Å². The molecule has 0 saturated carbocycles. The predicted octanol–water partition coefficient (Wildman–Crippen LogP) is 5.83. The van der Waals surface area contributed by atoms with Crippen LogP contribution >= 0.6 is 0 Å². The van der Waals surface area contributed by atoms with E-state index in [1.54, 1.807) is 48.8 Å². The molecule has 1 N–H and O–H groups in total. The first-order valence-corrected chi connectivity index (χ1v) is 10.4. The zero-order valence-corrected chi connectivity index (χ0v) is 21.5. The Bertz CT molecular complexity index is 1360. The summed E-state index contributed by atoms with van der Waals surface area (Å²) in [4.78, 5) is 25.1. The molecule has 3 aromatic heterocycles. The molecule has 0 aliphatic rings. The summed E-state index contributed by atoms with van der Waals surface area (Å²) < 4.78 is 51.6. The molecule has 0 saturated heterocycles. The third kappa shape index (κ3) is 8.95. The number of pyridine rings is 2. The number of hydrogen-bond donors (Lipinski definition) is 1. The first kappa shape index (κ1) is 29.9. The van der Waals surface area contributed by atoms with Gasteiger partial charge in [-0.05, 0) is 23.5 Å². The molecular formula is C27H16F4IrN4O2-2.